The predicted molar refractivity (Wildman–Crippen MR) is 104 cm³/mol. The number of hydrogen-bond donors (Lipinski definition) is 0. The number of nitrogens with zero attached hydrogens (tertiary/aromatic N) is 5. The smallest absolute Gasteiger partial charge is 0.219 e. The number of amides is 1. The van der Waals surface area contributed by atoms with Crippen molar-refractivity contribution in [3.63, 3.8) is 0 Å². The summed E-state index contributed by atoms with van der Waals surface area (Å²) in [6.07, 6.45) is 0. The molecular formula is C20H23N5O2. The molecule has 7 nitrogen and oxygen atoms in total. The summed E-state index contributed by atoms with van der Waals surface area (Å²) >= 11 is 0. The van der Waals surface area contributed by atoms with E-state index in [4.69, 9.17) is 9.84 Å². The number of carbonyl (C=O) groups is 1. The minimum Gasteiger partial charge on any atom is -0.497 e. The Hall–Kier alpha value is -3.09. The van der Waals surface area contributed by atoms with Crippen molar-refractivity contribution in [3.05, 3.63) is 42.1 Å². The van der Waals surface area contributed by atoms with E-state index < -0.39 is 0 Å². The zero-order chi connectivity index (χ0) is 19.0. The highest BCUT2D eigenvalue weighted by atomic mass is 16.5. The van der Waals surface area contributed by atoms with E-state index in [9.17, 15) is 4.79 Å². The number of anilines is 1. The molecule has 2 aromatic heterocycles. The van der Waals surface area contributed by atoms with Gasteiger partial charge in [0.25, 0.3) is 0 Å². The maximum Gasteiger partial charge on any atom is 0.219 e. The Labute approximate surface area is 158 Å². The molecule has 3 heterocycles. The zero-order valence-corrected chi connectivity index (χ0v) is 15.8. The highest BCUT2D eigenvalue weighted by Gasteiger charge is 2.21. The van der Waals surface area contributed by atoms with Crippen LogP contribution in [-0.4, -0.2) is 58.7 Å². The SMILES string of the molecule is COc1ccc(-c2cc3nc(C)cc(N4CCN(C(C)=O)CC4)n3n2)cc1. The average Bonchev–Trinajstić information content (AvgIpc) is 3.11. The van der Waals surface area contributed by atoms with Crippen LogP contribution in [0.2, 0.25) is 0 Å². The summed E-state index contributed by atoms with van der Waals surface area (Å²) in [7, 11) is 1.66. The Kier molecular flexibility index (Phi) is 4.43. The summed E-state index contributed by atoms with van der Waals surface area (Å²) in [5, 5.41) is 4.80. The molecule has 1 aromatic carbocycles. The van der Waals surface area contributed by atoms with Gasteiger partial charge in [-0.2, -0.15) is 9.61 Å². The van der Waals surface area contributed by atoms with Gasteiger partial charge in [0.05, 0.1) is 12.8 Å². The third-order valence-electron chi connectivity index (χ3n) is 4.97. The lowest BCUT2D eigenvalue weighted by molar-refractivity contribution is -0.129. The van der Waals surface area contributed by atoms with Crippen LogP contribution in [0, 0.1) is 6.92 Å². The van der Waals surface area contributed by atoms with E-state index in [0.29, 0.717) is 0 Å². The molecule has 7 heteroatoms. The largest absolute Gasteiger partial charge is 0.497 e. The van der Waals surface area contributed by atoms with E-state index >= 15 is 0 Å². The second kappa shape index (κ2) is 6.90. The summed E-state index contributed by atoms with van der Waals surface area (Å²) < 4.78 is 7.13. The van der Waals surface area contributed by atoms with E-state index in [-0.39, 0.29) is 5.91 Å². The van der Waals surface area contributed by atoms with Crippen LogP contribution in [0.4, 0.5) is 5.82 Å². The number of fused-ring (bicyclic) bond motifs is 1. The first-order valence-corrected chi connectivity index (χ1v) is 9.07. The van der Waals surface area contributed by atoms with Crippen molar-refractivity contribution < 1.29 is 9.53 Å². The van der Waals surface area contributed by atoms with Crippen molar-refractivity contribution in [2.24, 2.45) is 0 Å². The molecule has 1 saturated heterocycles. The summed E-state index contributed by atoms with van der Waals surface area (Å²) in [5.74, 6) is 1.97. The van der Waals surface area contributed by atoms with Gasteiger partial charge in [-0.3, -0.25) is 4.79 Å². The molecule has 0 radical (unpaired) electrons. The fraction of sp³-hybridized carbons (Fsp3) is 0.350. The molecule has 1 amide bonds. The number of ether oxygens (including phenoxy) is 1. The van der Waals surface area contributed by atoms with Gasteiger partial charge in [0.2, 0.25) is 5.91 Å². The number of hydrogen-bond acceptors (Lipinski definition) is 5. The van der Waals surface area contributed by atoms with Gasteiger partial charge in [0.1, 0.15) is 11.6 Å². The first kappa shape index (κ1) is 17.3. The van der Waals surface area contributed by atoms with Gasteiger partial charge in [-0.15, -0.1) is 0 Å². The third kappa shape index (κ3) is 3.32. The molecular weight excluding hydrogens is 342 g/mol. The van der Waals surface area contributed by atoms with Crippen molar-refractivity contribution in [1.29, 1.82) is 0 Å². The fourth-order valence-corrected chi connectivity index (χ4v) is 3.46. The Morgan fingerprint density at radius 2 is 1.78 bits per heavy atom. The standard InChI is InChI=1S/C20H23N5O2/c1-14-12-20(24-10-8-23(9-11-24)15(2)26)25-19(21-14)13-18(22-25)16-4-6-17(27-3)7-5-16/h4-7,12-13H,8-11H2,1-3H3. The van der Waals surface area contributed by atoms with E-state index in [1.165, 1.54) is 0 Å². The molecule has 0 unspecified atom stereocenters. The molecule has 0 spiro atoms. The van der Waals surface area contributed by atoms with Crippen molar-refractivity contribution >= 4 is 17.4 Å². The number of aromatic nitrogens is 3. The maximum atomic E-state index is 11.6. The number of carbonyl (C=O) groups excluding carboxylic acids is 1. The van der Waals surface area contributed by atoms with Gasteiger partial charge in [0, 0.05) is 56.5 Å². The van der Waals surface area contributed by atoms with E-state index in [1.54, 1.807) is 14.0 Å². The van der Waals surface area contributed by atoms with Gasteiger partial charge in [-0.05, 0) is 31.2 Å². The normalized spacial score (nSPS) is 14.6. The predicted octanol–water partition coefficient (Wildman–Crippen LogP) is 2.38. The van der Waals surface area contributed by atoms with Crippen molar-refractivity contribution in [1.82, 2.24) is 19.5 Å². The number of methoxy groups -OCH3 is 1. The highest BCUT2D eigenvalue weighted by molar-refractivity contribution is 5.73. The van der Waals surface area contributed by atoms with Crippen LogP contribution in [0.3, 0.4) is 0 Å². The summed E-state index contributed by atoms with van der Waals surface area (Å²) in [5.41, 5.74) is 3.67. The Balaban J connectivity index is 1.69. The zero-order valence-electron chi connectivity index (χ0n) is 15.8. The van der Waals surface area contributed by atoms with E-state index in [2.05, 4.69) is 16.0 Å². The van der Waals surface area contributed by atoms with Crippen LogP contribution in [0.1, 0.15) is 12.6 Å². The summed E-state index contributed by atoms with van der Waals surface area (Å²) in [4.78, 5) is 20.4. The van der Waals surface area contributed by atoms with Gasteiger partial charge in [-0.1, -0.05) is 0 Å². The molecule has 0 aliphatic carbocycles. The Morgan fingerprint density at radius 3 is 2.41 bits per heavy atom. The van der Waals surface area contributed by atoms with Crippen LogP contribution in [-0.2, 0) is 4.79 Å². The average molecular weight is 365 g/mol. The summed E-state index contributed by atoms with van der Waals surface area (Å²) in [6.45, 7) is 6.65. The monoisotopic (exact) mass is 365 g/mol. The first-order valence-electron chi connectivity index (χ1n) is 9.07. The molecule has 1 aliphatic heterocycles. The topological polar surface area (TPSA) is 63.0 Å². The highest BCUT2D eigenvalue weighted by Crippen LogP contribution is 2.25. The van der Waals surface area contributed by atoms with Crippen LogP contribution in [0.15, 0.2) is 36.4 Å². The van der Waals surface area contributed by atoms with Crippen molar-refractivity contribution in [3.8, 4) is 17.0 Å². The number of aryl methyl sites for hydroxylation is 1. The van der Waals surface area contributed by atoms with Crippen molar-refractivity contribution in [2.75, 3.05) is 38.2 Å². The van der Waals surface area contributed by atoms with Crippen LogP contribution in [0.25, 0.3) is 16.9 Å². The third-order valence-corrected chi connectivity index (χ3v) is 4.97. The molecule has 140 valence electrons. The number of rotatable bonds is 3. The lowest BCUT2D eigenvalue weighted by atomic mass is 10.1. The Bertz CT molecular complexity index is 972. The van der Waals surface area contributed by atoms with Crippen molar-refractivity contribution in [2.45, 2.75) is 13.8 Å². The quantitative estimate of drug-likeness (QED) is 0.713. The molecule has 1 aliphatic rings. The molecule has 0 bridgehead atoms. The molecule has 4 rings (SSSR count). The number of benzene rings is 1. The van der Waals surface area contributed by atoms with Crippen LogP contribution >= 0.6 is 0 Å². The van der Waals surface area contributed by atoms with E-state index in [0.717, 1.165) is 60.3 Å². The molecule has 3 aromatic rings. The van der Waals surface area contributed by atoms with Gasteiger partial charge in [0.15, 0.2) is 5.65 Å². The minimum absolute atomic E-state index is 0.131. The second-order valence-electron chi connectivity index (χ2n) is 6.78. The molecule has 0 atom stereocenters. The fourth-order valence-electron chi connectivity index (χ4n) is 3.46. The van der Waals surface area contributed by atoms with Gasteiger partial charge in [-0.25, -0.2) is 4.98 Å². The van der Waals surface area contributed by atoms with Gasteiger partial charge >= 0.3 is 0 Å². The molecule has 0 N–H and O–H groups in total. The number of piperazine rings is 1. The molecule has 0 saturated carbocycles. The van der Waals surface area contributed by atoms with E-state index in [1.807, 2.05) is 46.7 Å². The Morgan fingerprint density at radius 1 is 1.07 bits per heavy atom. The lowest BCUT2D eigenvalue weighted by Gasteiger charge is -2.35. The second-order valence-corrected chi connectivity index (χ2v) is 6.78. The summed E-state index contributed by atoms with van der Waals surface area (Å²) in [6, 6.07) is 11.9. The van der Waals surface area contributed by atoms with Gasteiger partial charge < -0.3 is 14.5 Å². The minimum atomic E-state index is 0.131. The first-order chi connectivity index (χ1) is 13.0. The molecule has 1 fully saturated rings. The maximum absolute atomic E-state index is 11.6. The van der Waals surface area contributed by atoms with Crippen LogP contribution < -0.4 is 9.64 Å². The molecule has 27 heavy (non-hydrogen) atoms. The lowest BCUT2D eigenvalue weighted by Crippen LogP contribution is -2.48. The van der Waals surface area contributed by atoms with Crippen LogP contribution in [0.5, 0.6) is 5.75 Å².